The summed E-state index contributed by atoms with van der Waals surface area (Å²) in [6.07, 6.45) is 39.0. The van der Waals surface area contributed by atoms with Crippen LogP contribution in [0.1, 0.15) is 245 Å². The molecule has 1 fully saturated rings. The molecule has 0 aliphatic carbocycles. The van der Waals surface area contributed by atoms with Crippen molar-refractivity contribution in [3.8, 4) is 0 Å². The number of phosphoric acid groups is 1. The van der Waals surface area contributed by atoms with Crippen LogP contribution in [0, 0.1) is 0 Å². The highest BCUT2D eigenvalue weighted by Gasteiger charge is 2.32. The van der Waals surface area contributed by atoms with E-state index in [1.54, 1.807) is 0 Å². The Morgan fingerprint density at radius 2 is 0.925 bits per heavy atom. The molecule has 2 atom stereocenters. The predicted octanol–water partition coefficient (Wildman–Crippen LogP) is 13.2. The van der Waals surface area contributed by atoms with Gasteiger partial charge in [0, 0.05) is 44.9 Å². The summed E-state index contributed by atoms with van der Waals surface area (Å²) in [4.78, 5) is 88.0. The van der Waals surface area contributed by atoms with Gasteiger partial charge in [-0.15, -0.1) is 5.06 Å². The van der Waals surface area contributed by atoms with Crippen molar-refractivity contribution in [3.05, 3.63) is 24.3 Å². The van der Waals surface area contributed by atoms with E-state index in [9.17, 15) is 38.2 Å². The molecule has 0 bridgehead atoms. The maximum absolute atomic E-state index is 12.8. The van der Waals surface area contributed by atoms with Gasteiger partial charge in [0.15, 0.2) is 6.10 Å². The van der Waals surface area contributed by atoms with E-state index in [2.05, 4.69) is 38.2 Å². The number of esters is 2. The number of rotatable bonds is 47. The van der Waals surface area contributed by atoms with Crippen LogP contribution in [0.25, 0.3) is 0 Å². The lowest BCUT2D eigenvalue weighted by Gasteiger charge is -2.20. The number of carbonyl (C=O) groups is 6. The number of ketones is 1. The number of phosphoric ester groups is 1. The highest BCUT2D eigenvalue weighted by Crippen LogP contribution is 2.43. The first kappa shape index (κ1) is 61.8. The van der Waals surface area contributed by atoms with E-state index in [0.717, 1.165) is 77.0 Å². The molecular formula is C52H90NO13P. The fourth-order valence-electron chi connectivity index (χ4n) is 7.48. The third kappa shape index (κ3) is 38.4. The zero-order chi connectivity index (χ0) is 49.1. The van der Waals surface area contributed by atoms with Crippen LogP contribution in [0.5, 0.6) is 0 Å². The SMILES string of the molecule is CCCCCCCC/C=C/CCCCCCCC(=O)OCC(COP(=O)(O)OCCCC(=O)CCCCC(=O)ON1C(=O)CCC1=O)OC(=O)CCCCCCC/C=C/CCCCCCCC. The molecule has 2 unspecified atom stereocenters. The maximum atomic E-state index is 12.8. The summed E-state index contributed by atoms with van der Waals surface area (Å²) in [6, 6.07) is 0. The molecule has 1 aliphatic rings. The van der Waals surface area contributed by atoms with Crippen molar-refractivity contribution in [2.24, 2.45) is 0 Å². The normalized spacial score (nSPS) is 14.3. The summed E-state index contributed by atoms with van der Waals surface area (Å²) in [5, 5.41) is 0.487. The van der Waals surface area contributed by atoms with Crippen molar-refractivity contribution in [2.75, 3.05) is 19.8 Å². The fraction of sp³-hybridized carbons (Fsp3) is 0.808. The third-order valence-corrected chi connectivity index (χ3v) is 12.6. The summed E-state index contributed by atoms with van der Waals surface area (Å²) in [7, 11) is -4.61. The van der Waals surface area contributed by atoms with Gasteiger partial charge in [-0.3, -0.25) is 33.0 Å². The minimum atomic E-state index is -4.61. The number of imide groups is 1. The monoisotopic (exact) mass is 968 g/mol. The third-order valence-electron chi connectivity index (χ3n) is 11.6. The number of Topliss-reactive ketones (excluding diaryl/α,β-unsaturated/α-hetero) is 1. The molecule has 1 rings (SSSR count). The number of hydrogen-bond donors (Lipinski definition) is 1. The Hall–Kier alpha value is -3.19. The van der Waals surface area contributed by atoms with Crippen molar-refractivity contribution in [1.82, 2.24) is 5.06 Å². The average Bonchev–Trinajstić information content (AvgIpc) is 3.62. The Balaban J connectivity index is 2.40. The number of ether oxygens (including phenoxy) is 2. The zero-order valence-corrected chi connectivity index (χ0v) is 42.6. The Kier molecular flexibility index (Phi) is 39.6. The lowest BCUT2D eigenvalue weighted by atomic mass is 10.1. The number of allylic oxidation sites excluding steroid dienone is 4. The van der Waals surface area contributed by atoms with Gasteiger partial charge in [-0.1, -0.05) is 141 Å². The summed E-state index contributed by atoms with van der Waals surface area (Å²) in [5.41, 5.74) is 0. The molecule has 0 aromatic carbocycles. The van der Waals surface area contributed by atoms with E-state index in [1.165, 1.54) is 77.0 Å². The largest absolute Gasteiger partial charge is 0.472 e. The summed E-state index contributed by atoms with van der Waals surface area (Å²) in [5.74, 6) is -2.95. The minimum absolute atomic E-state index is 0.00609. The molecule has 1 saturated heterocycles. The van der Waals surface area contributed by atoms with Gasteiger partial charge in [0.1, 0.15) is 12.4 Å². The van der Waals surface area contributed by atoms with Crippen molar-refractivity contribution < 1.29 is 61.6 Å². The first-order valence-corrected chi connectivity index (χ1v) is 27.8. The van der Waals surface area contributed by atoms with Gasteiger partial charge in [0.25, 0.3) is 11.8 Å². The standard InChI is InChI=1S/C52H90NO13P/c1-3-5-7-9-11-13-15-17-19-21-23-25-27-29-31-38-50(57)62-44-47(65-51(58)39-32-30-28-26-24-22-20-18-16-14-12-10-8-6-4-2)45-64-67(60,61)63-43-35-37-46(54)36-33-34-40-52(59)66-53-48(55)41-42-49(53)56/h17-20,47H,3-16,21-45H2,1-2H3,(H,60,61)/b19-17+,20-18+. The summed E-state index contributed by atoms with van der Waals surface area (Å²) < 4.78 is 33.9. The van der Waals surface area contributed by atoms with Crippen molar-refractivity contribution >= 4 is 43.3 Å². The van der Waals surface area contributed by atoms with Crippen molar-refractivity contribution in [1.29, 1.82) is 0 Å². The second-order valence-corrected chi connectivity index (χ2v) is 19.4. The van der Waals surface area contributed by atoms with Crippen LogP contribution in [0.15, 0.2) is 24.3 Å². The van der Waals surface area contributed by atoms with Crippen LogP contribution in [0.2, 0.25) is 0 Å². The Morgan fingerprint density at radius 1 is 0.522 bits per heavy atom. The van der Waals surface area contributed by atoms with Crippen molar-refractivity contribution in [2.45, 2.75) is 251 Å². The molecule has 0 spiro atoms. The van der Waals surface area contributed by atoms with Gasteiger partial charge in [0.05, 0.1) is 13.2 Å². The molecule has 0 aromatic rings. The van der Waals surface area contributed by atoms with E-state index in [1.807, 2.05) is 0 Å². The van der Waals surface area contributed by atoms with Crippen molar-refractivity contribution in [3.63, 3.8) is 0 Å². The van der Waals surface area contributed by atoms with Gasteiger partial charge in [-0.05, 0) is 83.5 Å². The molecule has 1 N–H and O–H groups in total. The van der Waals surface area contributed by atoms with Gasteiger partial charge in [-0.25, -0.2) is 9.36 Å². The number of unbranched alkanes of at least 4 members (excludes halogenated alkanes) is 23. The smallest absolute Gasteiger partial charge is 0.462 e. The highest BCUT2D eigenvalue weighted by atomic mass is 31.2. The Labute approximate surface area is 404 Å². The quantitative estimate of drug-likeness (QED) is 0.0200. The Bertz CT molecular complexity index is 1430. The molecule has 1 heterocycles. The molecule has 1 aliphatic heterocycles. The Morgan fingerprint density at radius 3 is 1.43 bits per heavy atom. The molecule has 0 radical (unpaired) electrons. The molecule has 67 heavy (non-hydrogen) atoms. The molecular weight excluding hydrogens is 878 g/mol. The van der Waals surface area contributed by atoms with Crippen LogP contribution >= 0.6 is 7.82 Å². The predicted molar refractivity (Wildman–Crippen MR) is 261 cm³/mol. The molecule has 386 valence electrons. The lowest BCUT2D eigenvalue weighted by Crippen LogP contribution is -2.31. The molecule has 2 amide bonds. The van der Waals surface area contributed by atoms with Crippen LogP contribution < -0.4 is 0 Å². The number of carbonyl (C=O) groups excluding carboxylic acids is 6. The van der Waals surface area contributed by atoms with E-state index in [4.69, 9.17) is 23.4 Å². The van der Waals surface area contributed by atoms with E-state index in [0.29, 0.717) is 30.7 Å². The van der Waals surface area contributed by atoms with Crippen LogP contribution in [-0.4, -0.2) is 71.4 Å². The van der Waals surface area contributed by atoms with Crippen LogP contribution in [-0.2, 0) is 56.7 Å². The molecule has 15 heteroatoms. The first-order valence-electron chi connectivity index (χ1n) is 26.3. The maximum Gasteiger partial charge on any atom is 0.472 e. The van der Waals surface area contributed by atoms with Gasteiger partial charge >= 0.3 is 25.7 Å². The number of hydrogen-bond acceptors (Lipinski definition) is 12. The number of amides is 2. The van der Waals surface area contributed by atoms with Gasteiger partial charge in [-0.2, -0.15) is 0 Å². The van der Waals surface area contributed by atoms with Gasteiger partial charge in [0.2, 0.25) is 0 Å². The van der Waals surface area contributed by atoms with E-state index < -0.39 is 50.3 Å². The first-order chi connectivity index (χ1) is 32.5. The van der Waals surface area contributed by atoms with E-state index >= 15 is 0 Å². The van der Waals surface area contributed by atoms with E-state index in [-0.39, 0.29) is 70.4 Å². The summed E-state index contributed by atoms with van der Waals surface area (Å²) >= 11 is 0. The number of nitrogens with zero attached hydrogens (tertiary/aromatic N) is 1. The second kappa shape index (κ2) is 42.9. The lowest BCUT2D eigenvalue weighted by molar-refractivity contribution is -0.197. The number of hydroxylamine groups is 2. The molecule has 0 aromatic heterocycles. The minimum Gasteiger partial charge on any atom is -0.462 e. The molecule has 14 nitrogen and oxygen atoms in total. The average molecular weight is 968 g/mol. The fourth-order valence-corrected chi connectivity index (χ4v) is 8.27. The van der Waals surface area contributed by atoms with Crippen LogP contribution in [0.4, 0.5) is 0 Å². The zero-order valence-electron chi connectivity index (χ0n) is 41.7. The van der Waals surface area contributed by atoms with Crippen LogP contribution in [0.3, 0.4) is 0 Å². The highest BCUT2D eigenvalue weighted by molar-refractivity contribution is 7.47. The second-order valence-electron chi connectivity index (χ2n) is 18.0. The molecule has 0 saturated carbocycles. The topological polar surface area (TPSA) is 189 Å². The van der Waals surface area contributed by atoms with Gasteiger partial charge < -0.3 is 19.2 Å². The summed E-state index contributed by atoms with van der Waals surface area (Å²) in [6.45, 7) is 3.35.